The molecule has 3 heteroatoms. The van der Waals surface area contributed by atoms with Crippen LogP contribution in [-0.4, -0.2) is 34.6 Å². The van der Waals surface area contributed by atoms with Gasteiger partial charge in [-0.2, -0.15) is 0 Å². The van der Waals surface area contributed by atoms with Gasteiger partial charge in [-0.15, -0.1) is 0 Å². The van der Waals surface area contributed by atoms with Gasteiger partial charge in [0.2, 0.25) is 0 Å². The molecule has 0 spiro atoms. The molecule has 0 saturated carbocycles. The van der Waals surface area contributed by atoms with Gasteiger partial charge in [0.25, 0.3) is 0 Å². The molecule has 1 aliphatic heterocycles. The molecule has 0 aromatic rings. The summed E-state index contributed by atoms with van der Waals surface area (Å²) in [5.41, 5.74) is -0.0711. The fourth-order valence-electron chi connectivity index (χ4n) is 2.86. The third-order valence-corrected chi connectivity index (χ3v) is 3.91. The van der Waals surface area contributed by atoms with Crippen LogP contribution in [0.15, 0.2) is 0 Å². The van der Waals surface area contributed by atoms with Gasteiger partial charge < -0.3 is 5.11 Å². The van der Waals surface area contributed by atoms with Crippen molar-refractivity contribution < 1.29 is 9.90 Å². The van der Waals surface area contributed by atoms with E-state index in [-0.39, 0.29) is 5.54 Å². The Morgan fingerprint density at radius 1 is 1.31 bits per heavy atom. The van der Waals surface area contributed by atoms with Crippen molar-refractivity contribution in [2.75, 3.05) is 13.1 Å². The second kappa shape index (κ2) is 6.24. The van der Waals surface area contributed by atoms with Crippen molar-refractivity contribution in [3.8, 4) is 0 Å². The molecule has 1 unspecified atom stereocenters. The molecule has 94 valence electrons. The molecular weight excluding hydrogens is 202 g/mol. The Morgan fingerprint density at radius 3 is 2.38 bits per heavy atom. The highest BCUT2D eigenvalue weighted by molar-refractivity contribution is 5.68. The van der Waals surface area contributed by atoms with E-state index in [1.807, 2.05) is 0 Å². The number of hydrogen-bond acceptors (Lipinski definition) is 2. The minimum Gasteiger partial charge on any atom is -0.481 e. The molecule has 3 nitrogen and oxygen atoms in total. The van der Waals surface area contributed by atoms with Crippen molar-refractivity contribution >= 4 is 5.97 Å². The minimum atomic E-state index is -0.648. The Bertz CT molecular complexity index is 224. The smallest absolute Gasteiger partial charge is 0.305 e. The van der Waals surface area contributed by atoms with Crippen molar-refractivity contribution in [2.24, 2.45) is 0 Å². The average Bonchev–Trinajstić information content (AvgIpc) is 2.77. The molecule has 1 atom stereocenters. The van der Waals surface area contributed by atoms with Gasteiger partial charge in [-0.05, 0) is 38.8 Å². The lowest BCUT2D eigenvalue weighted by Crippen LogP contribution is -2.48. The molecule has 1 rings (SSSR count). The third-order valence-electron chi connectivity index (χ3n) is 3.91. The highest BCUT2D eigenvalue weighted by atomic mass is 16.4. The van der Waals surface area contributed by atoms with E-state index < -0.39 is 5.97 Å². The van der Waals surface area contributed by atoms with Crippen molar-refractivity contribution in [1.29, 1.82) is 0 Å². The first-order valence-corrected chi connectivity index (χ1v) is 6.61. The van der Waals surface area contributed by atoms with E-state index in [1.165, 1.54) is 12.8 Å². The van der Waals surface area contributed by atoms with Crippen LogP contribution >= 0.6 is 0 Å². The molecule has 1 heterocycles. The van der Waals surface area contributed by atoms with E-state index in [0.29, 0.717) is 6.42 Å². The third kappa shape index (κ3) is 3.21. The van der Waals surface area contributed by atoms with Gasteiger partial charge in [0.05, 0.1) is 6.42 Å². The zero-order valence-corrected chi connectivity index (χ0v) is 10.7. The second-order valence-corrected chi connectivity index (χ2v) is 4.95. The lowest BCUT2D eigenvalue weighted by molar-refractivity contribution is -0.140. The lowest BCUT2D eigenvalue weighted by Gasteiger charge is -2.40. The summed E-state index contributed by atoms with van der Waals surface area (Å²) < 4.78 is 0. The molecule has 1 fully saturated rings. The maximum Gasteiger partial charge on any atom is 0.305 e. The zero-order chi connectivity index (χ0) is 12.0. The van der Waals surface area contributed by atoms with Crippen molar-refractivity contribution in [1.82, 2.24) is 4.90 Å². The van der Waals surface area contributed by atoms with Gasteiger partial charge >= 0.3 is 5.97 Å². The molecule has 0 bridgehead atoms. The quantitative estimate of drug-likeness (QED) is 0.727. The van der Waals surface area contributed by atoms with Crippen LogP contribution < -0.4 is 0 Å². The Kier molecular flexibility index (Phi) is 5.26. The van der Waals surface area contributed by atoms with Gasteiger partial charge in [0.1, 0.15) is 0 Å². The maximum atomic E-state index is 11.1. The summed E-state index contributed by atoms with van der Waals surface area (Å²) >= 11 is 0. The Hall–Kier alpha value is -0.570. The highest BCUT2D eigenvalue weighted by Crippen LogP contribution is 2.33. The monoisotopic (exact) mass is 227 g/mol. The number of unbranched alkanes of at least 4 members (excludes halogenated alkanes) is 1. The van der Waals surface area contributed by atoms with Crippen LogP contribution in [0.5, 0.6) is 0 Å². The average molecular weight is 227 g/mol. The Balaban J connectivity index is 2.73. The first kappa shape index (κ1) is 13.5. The fraction of sp³-hybridized carbons (Fsp3) is 0.923. The summed E-state index contributed by atoms with van der Waals surface area (Å²) in [7, 11) is 0. The number of carboxylic acids is 1. The van der Waals surface area contributed by atoms with E-state index >= 15 is 0 Å². The summed E-state index contributed by atoms with van der Waals surface area (Å²) in [5, 5.41) is 9.11. The number of carbonyl (C=O) groups is 1. The molecular formula is C13H25NO2. The molecule has 0 aromatic carbocycles. The summed E-state index contributed by atoms with van der Waals surface area (Å²) in [6.07, 6.45) is 7.04. The van der Waals surface area contributed by atoms with Crippen molar-refractivity contribution in [2.45, 2.75) is 64.3 Å². The standard InChI is InChI=1S/C13H25NO2/c1-3-5-8-13(4-2,11-12(15)16)14-9-6-7-10-14/h3-11H2,1-2H3,(H,15,16). The van der Waals surface area contributed by atoms with E-state index in [1.54, 1.807) is 0 Å². The number of rotatable bonds is 7. The SMILES string of the molecule is CCCCC(CC)(CC(=O)O)N1CCCC1. The minimum absolute atomic E-state index is 0.0711. The Labute approximate surface area is 98.8 Å². The zero-order valence-electron chi connectivity index (χ0n) is 10.7. The lowest BCUT2D eigenvalue weighted by atomic mass is 9.84. The predicted molar refractivity (Wildman–Crippen MR) is 65.6 cm³/mol. The highest BCUT2D eigenvalue weighted by Gasteiger charge is 2.37. The van der Waals surface area contributed by atoms with Crippen LogP contribution in [0.3, 0.4) is 0 Å². The molecule has 1 N–H and O–H groups in total. The molecule has 0 aliphatic carbocycles. The van der Waals surface area contributed by atoms with E-state index in [2.05, 4.69) is 18.7 Å². The van der Waals surface area contributed by atoms with Gasteiger partial charge in [0, 0.05) is 5.54 Å². The normalized spacial score (nSPS) is 20.9. The van der Waals surface area contributed by atoms with Crippen LogP contribution in [-0.2, 0) is 4.79 Å². The van der Waals surface area contributed by atoms with E-state index in [9.17, 15) is 4.79 Å². The summed E-state index contributed by atoms with van der Waals surface area (Å²) in [6, 6.07) is 0. The van der Waals surface area contributed by atoms with Crippen molar-refractivity contribution in [3.05, 3.63) is 0 Å². The molecule has 1 saturated heterocycles. The van der Waals surface area contributed by atoms with Gasteiger partial charge in [-0.1, -0.05) is 26.7 Å². The van der Waals surface area contributed by atoms with Gasteiger partial charge in [-0.25, -0.2) is 0 Å². The molecule has 0 aromatic heterocycles. The summed E-state index contributed by atoms with van der Waals surface area (Å²) in [6.45, 7) is 6.48. The van der Waals surface area contributed by atoms with Crippen LogP contribution in [0.1, 0.15) is 58.8 Å². The van der Waals surface area contributed by atoms with E-state index in [4.69, 9.17) is 5.11 Å². The van der Waals surface area contributed by atoms with Gasteiger partial charge in [0.15, 0.2) is 0 Å². The molecule has 16 heavy (non-hydrogen) atoms. The van der Waals surface area contributed by atoms with Crippen LogP contribution in [0.4, 0.5) is 0 Å². The summed E-state index contributed by atoms with van der Waals surface area (Å²) in [5.74, 6) is -0.648. The first-order chi connectivity index (χ1) is 7.64. The van der Waals surface area contributed by atoms with Gasteiger partial charge in [-0.3, -0.25) is 9.69 Å². The number of hydrogen-bond donors (Lipinski definition) is 1. The van der Waals surface area contributed by atoms with E-state index in [0.717, 1.165) is 38.8 Å². The number of carboxylic acid groups (broad SMARTS) is 1. The van der Waals surface area contributed by atoms with Crippen LogP contribution in [0.2, 0.25) is 0 Å². The maximum absolute atomic E-state index is 11.1. The number of nitrogens with zero attached hydrogens (tertiary/aromatic N) is 1. The first-order valence-electron chi connectivity index (χ1n) is 6.61. The van der Waals surface area contributed by atoms with Crippen LogP contribution in [0, 0.1) is 0 Å². The second-order valence-electron chi connectivity index (χ2n) is 4.95. The fourth-order valence-corrected chi connectivity index (χ4v) is 2.86. The molecule has 1 aliphatic rings. The molecule has 0 amide bonds. The number of likely N-dealkylation sites (tertiary alicyclic amines) is 1. The Morgan fingerprint density at radius 2 is 1.94 bits per heavy atom. The largest absolute Gasteiger partial charge is 0.481 e. The van der Waals surface area contributed by atoms with Crippen LogP contribution in [0.25, 0.3) is 0 Å². The topological polar surface area (TPSA) is 40.5 Å². The van der Waals surface area contributed by atoms with Crippen molar-refractivity contribution in [3.63, 3.8) is 0 Å². The number of aliphatic carboxylic acids is 1. The predicted octanol–water partition coefficient (Wildman–Crippen LogP) is 2.90. The molecule has 0 radical (unpaired) electrons. The summed E-state index contributed by atoms with van der Waals surface area (Å²) in [4.78, 5) is 13.5.